The summed E-state index contributed by atoms with van der Waals surface area (Å²) in [6, 6.07) is 3.77. The van der Waals surface area contributed by atoms with Gasteiger partial charge in [-0.3, -0.25) is 9.59 Å². The molecule has 204 valence electrons. The Bertz CT molecular complexity index is 1320. The van der Waals surface area contributed by atoms with Crippen molar-refractivity contribution in [1.82, 2.24) is 4.90 Å². The molecule has 0 bridgehead atoms. The predicted octanol–water partition coefficient (Wildman–Crippen LogP) is 2.15. The van der Waals surface area contributed by atoms with E-state index in [-0.39, 0.29) is 59.5 Å². The fourth-order valence-electron chi connectivity index (χ4n) is 6.08. The first-order chi connectivity index (χ1) is 17.9. The summed E-state index contributed by atoms with van der Waals surface area (Å²) in [5.74, 6) is -2.94. The normalized spacial score (nSPS) is 30.7. The molecule has 0 spiro atoms. The summed E-state index contributed by atoms with van der Waals surface area (Å²) >= 11 is 0. The molecule has 3 aliphatic rings. The summed E-state index contributed by atoms with van der Waals surface area (Å²) in [7, 11) is 3.66. The summed E-state index contributed by atoms with van der Waals surface area (Å²) < 4.78 is 12.2. The molecule has 2 aromatic carbocycles. The topological polar surface area (TPSA) is 157 Å². The van der Waals surface area contributed by atoms with E-state index in [0.29, 0.717) is 0 Å². The van der Waals surface area contributed by atoms with Gasteiger partial charge in [-0.15, -0.1) is 0 Å². The van der Waals surface area contributed by atoms with Crippen LogP contribution in [-0.2, 0) is 15.9 Å². The number of phenols is 3. The van der Waals surface area contributed by atoms with Crippen LogP contribution < -0.4 is 0 Å². The van der Waals surface area contributed by atoms with Crippen LogP contribution in [0.2, 0.25) is 0 Å². The molecular weight excluding hydrogens is 494 g/mol. The van der Waals surface area contributed by atoms with Crippen LogP contribution in [-0.4, -0.2) is 86.2 Å². The van der Waals surface area contributed by atoms with Crippen molar-refractivity contribution >= 4 is 11.6 Å². The number of aliphatic hydroxyl groups excluding tert-OH is 1. The Balaban J connectivity index is 1.65. The number of benzene rings is 2. The molecular formula is C28H33NO9. The summed E-state index contributed by atoms with van der Waals surface area (Å²) in [5.41, 5.74) is -2.34. The minimum Gasteiger partial charge on any atom is -0.507 e. The van der Waals surface area contributed by atoms with Crippen LogP contribution in [0.15, 0.2) is 18.2 Å². The minimum absolute atomic E-state index is 0.0328. The number of fused-ring (bicyclic) bond motifs is 3. The first kappa shape index (κ1) is 26.6. The molecule has 0 unspecified atom stereocenters. The van der Waals surface area contributed by atoms with Gasteiger partial charge in [0.2, 0.25) is 5.78 Å². The Morgan fingerprint density at radius 1 is 1.08 bits per heavy atom. The van der Waals surface area contributed by atoms with Crippen LogP contribution in [0.4, 0.5) is 0 Å². The van der Waals surface area contributed by atoms with Crippen molar-refractivity contribution in [3.8, 4) is 17.2 Å². The van der Waals surface area contributed by atoms with Crippen molar-refractivity contribution < 1.29 is 44.6 Å². The maximum atomic E-state index is 13.5. The van der Waals surface area contributed by atoms with Crippen molar-refractivity contribution in [3.63, 3.8) is 0 Å². The number of aromatic hydroxyl groups is 3. The predicted molar refractivity (Wildman–Crippen MR) is 135 cm³/mol. The molecule has 0 amide bonds. The number of carbonyl (C=O) groups is 2. The minimum atomic E-state index is -1.47. The number of nitrogens with zero attached hydrogens (tertiary/aromatic N) is 1. The molecule has 1 fully saturated rings. The van der Waals surface area contributed by atoms with Gasteiger partial charge in [-0.05, 0) is 46.3 Å². The number of hydrogen-bond donors (Lipinski definition) is 5. The molecule has 0 radical (unpaired) electrons. The Hall–Kier alpha value is -3.02. The molecule has 10 nitrogen and oxygen atoms in total. The number of phenolic OH excluding ortho intramolecular Hbond substituents is 3. The van der Waals surface area contributed by atoms with Crippen molar-refractivity contribution in [3.05, 3.63) is 51.6 Å². The van der Waals surface area contributed by atoms with Crippen molar-refractivity contribution in [1.29, 1.82) is 0 Å². The highest BCUT2D eigenvalue weighted by atomic mass is 16.7. The fourth-order valence-corrected chi connectivity index (χ4v) is 6.08. The van der Waals surface area contributed by atoms with E-state index in [1.807, 2.05) is 19.0 Å². The second kappa shape index (κ2) is 9.32. The van der Waals surface area contributed by atoms with Gasteiger partial charge in [0, 0.05) is 29.2 Å². The molecule has 38 heavy (non-hydrogen) atoms. The van der Waals surface area contributed by atoms with E-state index >= 15 is 0 Å². The average molecular weight is 528 g/mol. The molecule has 5 rings (SSSR count). The van der Waals surface area contributed by atoms with Gasteiger partial charge >= 0.3 is 0 Å². The maximum Gasteiger partial charge on any atom is 0.202 e. The van der Waals surface area contributed by atoms with Crippen LogP contribution >= 0.6 is 0 Å². The van der Waals surface area contributed by atoms with Gasteiger partial charge < -0.3 is 39.9 Å². The van der Waals surface area contributed by atoms with Crippen LogP contribution in [0.1, 0.15) is 82.2 Å². The summed E-state index contributed by atoms with van der Waals surface area (Å²) in [6.45, 7) is 3.48. The molecule has 0 aromatic heterocycles. The van der Waals surface area contributed by atoms with E-state index in [0.717, 1.165) is 0 Å². The summed E-state index contributed by atoms with van der Waals surface area (Å²) in [6.07, 6.45) is -2.64. The fraction of sp³-hybridized carbons (Fsp3) is 0.500. The number of likely N-dealkylation sites (N-methyl/N-ethyl adjacent to an activating group) is 1. The lowest BCUT2D eigenvalue weighted by molar-refractivity contribution is -0.276. The standard InChI is InChI=1S/C28H33NO9/c1-5-28(36)10-9-14-19(27(28)38-17-11-15(29(3)4)22(31)12(2)37-17)26(35)21-20(24(14)33)25(34)18-13(23(21)32)7-6-8-16(18)30/h6-8,12,15,17,22,27,30-31,33,35-36H,5,9-11H2,1-4H3/t12-,15-,17-,22+,27+,28+/m0/s1. The Labute approximate surface area is 220 Å². The van der Waals surface area contributed by atoms with Gasteiger partial charge in [-0.1, -0.05) is 19.1 Å². The van der Waals surface area contributed by atoms with Gasteiger partial charge in [0.05, 0.1) is 34.5 Å². The van der Waals surface area contributed by atoms with Gasteiger partial charge in [-0.2, -0.15) is 0 Å². The van der Waals surface area contributed by atoms with Crippen LogP contribution in [0.3, 0.4) is 0 Å². The number of ether oxygens (including phenoxy) is 2. The third-order valence-electron chi connectivity index (χ3n) is 8.36. The quantitative estimate of drug-likeness (QED) is 0.319. The van der Waals surface area contributed by atoms with E-state index in [1.54, 1.807) is 13.8 Å². The molecule has 0 saturated carbocycles. The van der Waals surface area contributed by atoms with Gasteiger partial charge in [0.25, 0.3) is 0 Å². The Kier molecular flexibility index (Phi) is 6.52. The largest absolute Gasteiger partial charge is 0.507 e. The smallest absolute Gasteiger partial charge is 0.202 e. The SMILES string of the molecule is CC[C@@]1(O)CCc2c(O)c3c(c(O)c2[C@H]1O[C@H]1C[C@H](N(C)C)[C@H](O)[C@H](C)O1)C(=O)c1cccc(O)c1C3=O. The number of ketones is 2. The molecule has 2 aromatic rings. The maximum absolute atomic E-state index is 13.5. The first-order valence-electron chi connectivity index (χ1n) is 12.8. The zero-order valence-electron chi connectivity index (χ0n) is 21.8. The highest BCUT2D eigenvalue weighted by Gasteiger charge is 2.50. The molecule has 6 atom stereocenters. The Morgan fingerprint density at radius 3 is 2.42 bits per heavy atom. The third kappa shape index (κ3) is 3.82. The average Bonchev–Trinajstić information content (AvgIpc) is 2.87. The second-order valence-electron chi connectivity index (χ2n) is 10.7. The zero-order chi connectivity index (χ0) is 27.7. The molecule has 1 heterocycles. The van der Waals surface area contributed by atoms with E-state index < -0.39 is 64.6 Å². The number of aliphatic hydroxyl groups is 2. The highest BCUT2D eigenvalue weighted by Crippen LogP contribution is 2.53. The van der Waals surface area contributed by atoms with E-state index in [1.165, 1.54) is 18.2 Å². The van der Waals surface area contributed by atoms with Crippen LogP contribution in [0, 0.1) is 0 Å². The molecule has 2 aliphatic carbocycles. The lowest BCUT2D eigenvalue weighted by Gasteiger charge is -2.46. The van der Waals surface area contributed by atoms with Crippen molar-refractivity contribution in [2.24, 2.45) is 0 Å². The zero-order valence-corrected chi connectivity index (χ0v) is 21.8. The molecule has 10 heteroatoms. The van der Waals surface area contributed by atoms with Crippen molar-refractivity contribution in [2.45, 2.75) is 75.8 Å². The van der Waals surface area contributed by atoms with Crippen molar-refractivity contribution in [2.75, 3.05) is 14.1 Å². The number of carbonyl (C=O) groups excluding carboxylic acids is 2. The van der Waals surface area contributed by atoms with Gasteiger partial charge in [-0.25, -0.2) is 0 Å². The molecule has 1 saturated heterocycles. The van der Waals surface area contributed by atoms with Gasteiger partial charge in [0.1, 0.15) is 23.4 Å². The Morgan fingerprint density at radius 2 is 1.76 bits per heavy atom. The van der Waals surface area contributed by atoms with E-state index in [9.17, 15) is 35.1 Å². The highest BCUT2D eigenvalue weighted by molar-refractivity contribution is 6.31. The lowest BCUT2D eigenvalue weighted by atomic mass is 9.71. The lowest BCUT2D eigenvalue weighted by Crippen LogP contribution is -2.54. The monoisotopic (exact) mass is 527 g/mol. The van der Waals surface area contributed by atoms with E-state index in [4.69, 9.17) is 9.47 Å². The molecule has 5 N–H and O–H groups in total. The van der Waals surface area contributed by atoms with Crippen LogP contribution in [0.25, 0.3) is 0 Å². The van der Waals surface area contributed by atoms with Gasteiger partial charge in [0.15, 0.2) is 12.1 Å². The van der Waals surface area contributed by atoms with E-state index in [2.05, 4.69) is 0 Å². The third-order valence-corrected chi connectivity index (χ3v) is 8.36. The first-order valence-corrected chi connectivity index (χ1v) is 12.8. The summed E-state index contributed by atoms with van der Waals surface area (Å²) in [5, 5.41) is 55.3. The second-order valence-corrected chi connectivity index (χ2v) is 10.7. The summed E-state index contributed by atoms with van der Waals surface area (Å²) in [4.78, 5) is 28.7. The number of rotatable bonds is 4. The van der Waals surface area contributed by atoms with Crippen LogP contribution in [0.5, 0.6) is 17.2 Å². The number of hydrogen-bond acceptors (Lipinski definition) is 10. The molecule has 1 aliphatic heterocycles.